The first-order valence-electron chi connectivity index (χ1n) is 5.67. The van der Waals surface area contributed by atoms with Gasteiger partial charge in [-0.05, 0) is 20.0 Å². The zero-order valence-corrected chi connectivity index (χ0v) is 9.25. The number of hydrogen-bond donors (Lipinski definition) is 3. The highest BCUT2D eigenvalue weighted by Crippen LogP contribution is 2.05. The average molecular weight is 212 g/mol. The van der Waals surface area contributed by atoms with Crippen LogP contribution in [0.5, 0.6) is 0 Å². The number of hydrogen-bond acceptors (Lipinski definition) is 3. The molecule has 2 rings (SSSR count). The predicted octanol–water partition coefficient (Wildman–Crippen LogP) is -0.791. The molecule has 2 amide bonds. The molecule has 0 aromatic heterocycles. The molecule has 5 nitrogen and oxygen atoms in total. The minimum absolute atomic E-state index is 0.0119. The molecule has 3 N–H and O–H groups in total. The molecule has 0 aromatic carbocycles. The molecule has 1 unspecified atom stereocenters. The van der Waals surface area contributed by atoms with Gasteiger partial charge in [-0.25, -0.2) is 4.79 Å². The van der Waals surface area contributed by atoms with Crippen molar-refractivity contribution < 1.29 is 4.79 Å². The highest BCUT2D eigenvalue weighted by molar-refractivity contribution is 5.74. The maximum Gasteiger partial charge on any atom is 0.315 e. The summed E-state index contributed by atoms with van der Waals surface area (Å²) in [6.07, 6.45) is 1.06. The van der Waals surface area contributed by atoms with Crippen molar-refractivity contribution >= 4 is 6.03 Å². The Kier molecular flexibility index (Phi) is 3.43. The Labute approximate surface area is 90.6 Å². The van der Waals surface area contributed by atoms with E-state index in [1.165, 1.54) is 0 Å². The Morgan fingerprint density at radius 2 is 2.33 bits per heavy atom. The van der Waals surface area contributed by atoms with Crippen molar-refractivity contribution in [3.8, 4) is 0 Å². The largest absolute Gasteiger partial charge is 0.338 e. The van der Waals surface area contributed by atoms with Crippen molar-refractivity contribution in [2.24, 2.45) is 5.92 Å². The predicted molar refractivity (Wildman–Crippen MR) is 58.8 cm³/mol. The summed E-state index contributed by atoms with van der Waals surface area (Å²) in [5.41, 5.74) is 0. The Bertz CT molecular complexity index is 229. The lowest BCUT2D eigenvalue weighted by Gasteiger charge is -2.27. The van der Waals surface area contributed by atoms with Gasteiger partial charge < -0.3 is 20.9 Å². The number of likely N-dealkylation sites (tertiary alicyclic amines) is 1. The van der Waals surface area contributed by atoms with E-state index in [9.17, 15) is 4.79 Å². The summed E-state index contributed by atoms with van der Waals surface area (Å²) >= 11 is 0. The zero-order chi connectivity index (χ0) is 10.7. The van der Waals surface area contributed by atoms with Crippen LogP contribution in [0.15, 0.2) is 0 Å². The third-order valence-electron chi connectivity index (χ3n) is 3.14. The van der Waals surface area contributed by atoms with Crippen molar-refractivity contribution in [3.05, 3.63) is 0 Å². The van der Waals surface area contributed by atoms with Crippen LogP contribution in [0, 0.1) is 5.92 Å². The van der Waals surface area contributed by atoms with Crippen LogP contribution in [0.1, 0.15) is 6.42 Å². The van der Waals surface area contributed by atoms with E-state index in [0.29, 0.717) is 12.0 Å². The number of likely N-dealkylation sites (N-methyl/N-ethyl adjacent to an activating group) is 1. The SMILES string of the molecule is CN1CCC(NC(=O)NCC2CNC2)C1. The highest BCUT2D eigenvalue weighted by Gasteiger charge is 2.22. The van der Waals surface area contributed by atoms with Crippen LogP contribution in [0.25, 0.3) is 0 Å². The number of urea groups is 1. The van der Waals surface area contributed by atoms with Crippen LogP contribution in [-0.2, 0) is 0 Å². The van der Waals surface area contributed by atoms with E-state index in [1.54, 1.807) is 0 Å². The molecule has 2 aliphatic rings. The van der Waals surface area contributed by atoms with Gasteiger partial charge in [0.05, 0.1) is 0 Å². The van der Waals surface area contributed by atoms with Gasteiger partial charge in [0, 0.05) is 38.1 Å². The van der Waals surface area contributed by atoms with Crippen LogP contribution in [0.3, 0.4) is 0 Å². The number of nitrogens with zero attached hydrogens (tertiary/aromatic N) is 1. The summed E-state index contributed by atoms with van der Waals surface area (Å²) < 4.78 is 0. The minimum atomic E-state index is -0.0119. The molecular weight excluding hydrogens is 192 g/mol. The second-order valence-electron chi connectivity index (χ2n) is 4.63. The molecule has 0 aliphatic carbocycles. The van der Waals surface area contributed by atoms with Gasteiger partial charge in [-0.1, -0.05) is 0 Å². The quantitative estimate of drug-likeness (QED) is 0.574. The van der Waals surface area contributed by atoms with Gasteiger partial charge >= 0.3 is 6.03 Å². The van der Waals surface area contributed by atoms with Gasteiger partial charge in [-0.15, -0.1) is 0 Å². The van der Waals surface area contributed by atoms with Crippen LogP contribution < -0.4 is 16.0 Å². The first kappa shape index (κ1) is 10.7. The molecule has 5 heteroatoms. The van der Waals surface area contributed by atoms with E-state index in [1.807, 2.05) is 0 Å². The van der Waals surface area contributed by atoms with Gasteiger partial charge in [-0.2, -0.15) is 0 Å². The first-order chi connectivity index (χ1) is 7.24. The molecule has 1 atom stereocenters. The van der Waals surface area contributed by atoms with E-state index in [0.717, 1.165) is 39.1 Å². The smallest absolute Gasteiger partial charge is 0.315 e. The van der Waals surface area contributed by atoms with Crippen molar-refractivity contribution in [2.45, 2.75) is 12.5 Å². The Morgan fingerprint density at radius 1 is 1.53 bits per heavy atom. The van der Waals surface area contributed by atoms with Crippen molar-refractivity contribution in [3.63, 3.8) is 0 Å². The second-order valence-corrected chi connectivity index (χ2v) is 4.63. The molecule has 2 aliphatic heterocycles. The minimum Gasteiger partial charge on any atom is -0.338 e. The maximum atomic E-state index is 11.5. The Morgan fingerprint density at radius 3 is 2.87 bits per heavy atom. The Hall–Kier alpha value is -0.810. The summed E-state index contributed by atoms with van der Waals surface area (Å²) in [7, 11) is 2.08. The lowest BCUT2D eigenvalue weighted by Crippen LogP contribution is -2.51. The standard InChI is InChI=1S/C10H20N4O/c1-14-3-2-9(7-14)13-10(15)12-6-8-4-11-5-8/h8-9,11H,2-7H2,1H3,(H2,12,13,15). The van der Waals surface area contributed by atoms with Gasteiger partial charge in [0.2, 0.25) is 0 Å². The molecule has 2 saturated heterocycles. The topological polar surface area (TPSA) is 56.4 Å². The van der Waals surface area contributed by atoms with Crippen LogP contribution >= 0.6 is 0 Å². The molecule has 2 fully saturated rings. The monoisotopic (exact) mass is 212 g/mol. The average Bonchev–Trinajstić information content (AvgIpc) is 2.48. The third-order valence-corrected chi connectivity index (χ3v) is 3.14. The van der Waals surface area contributed by atoms with Crippen LogP contribution in [0.2, 0.25) is 0 Å². The third kappa shape index (κ3) is 3.07. The molecule has 15 heavy (non-hydrogen) atoms. The Balaban J connectivity index is 1.59. The number of nitrogens with one attached hydrogen (secondary N) is 3. The summed E-state index contributed by atoms with van der Waals surface area (Å²) in [4.78, 5) is 13.7. The van der Waals surface area contributed by atoms with Crippen LogP contribution in [-0.4, -0.2) is 56.7 Å². The summed E-state index contributed by atoms with van der Waals surface area (Å²) in [5.74, 6) is 0.627. The van der Waals surface area contributed by atoms with Crippen LogP contribution in [0.4, 0.5) is 4.79 Å². The van der Waals surface area contributed by atoms with Gasteiger partial charge in [0.1, 0.15) is 0 Å². The van der Waals surface area contributed by atoms with E-state index in [4.69, 9.17) is 0 Å². The number of carbonyl (C=O) groups excluding carboxylic acids is 1. The fraction of sp³-hybridized carbons (Fsp3) is 0.900. The van der Waals surface area contributed by atoms with E-state index in [2.05, 4.69) is 27.9 Å². The maximum absolute atomic E-state index is 11.5. The van der Waals surface area contributed by atoms with Gasteiger partial charge in [-0.3, -0.25) is 0 Å². The highest BCUT2D eigenvalue weighted by atomic mass is 16.2. The normalized spacial score (nSPS) is 27.4. The van der Waals surface area contributed by atoms with E-state index < -0.39 is 0 Å². The molecule has 0 spiro atoms. The summed E-state index contributed by atoms with van der Waals surface area (Å²) in [6, 6.07) is 0.316. The fourth-order valence-corrected chi connectivity index (χ4v) is 2.02. The molecular formula is C10H20N4O. The van der Waals surface area contributed by atoms with Crippen molar-refractivity contribution in [1.82, 2.24) is 20.9 Å². The van der Waals surface area contributed by atoms with E-state index >= 15 is 0 Å². The number of rotatable bonds is 3. The lowest BCUT2D eigenvalue weighted by molar-refractivity contribution is 0.231. The fourth-order valence-electron chi connectivity index (χ4n) is 2.02. The summed E-state index contributed by atoms with van der Waals surface area (Å²) in [6.45, 7) is 4.91. The lowest BCUT2D eigenvalue weighted by atomic mass is 10.0. The van der Waals surface area contributed by atoms with E-state index in [-0.39, 0.29) is 6.03 Å². The van der Waals surface area contributed by atoms with Crippen molar-refractivity contribution in [1.29, 1.82) is 0 Å². The molecule has 0 aromatic rings. The van der Waals surface area contributed by atoms with Crippen molar-refractivity contribution in [2.75, 3.05) is 39.8 Å². The zero-order valence-electron chi connectivity index (χ0n) is 9.25. The molecule has 86 valence electrons. The number of amides is 2. The van der Waals surface area contributed by atoms with Gasteiger partial charge in [0.25, 0.3) is 0 Å². The molecule has 0 saturated carbocycles. The number of carbonyl (C=O) groups is 1. The molecule has 0 radical (unpaired) electrons. The van der Waals surface area contributed by atoms with Gasteiger partial charge in [0.15, 0.2) is 0 Å². The summed E-state index contributed by atoms with van der Waals surface area (Å²) in [5, 5.41) is 9.10. The second kappa shape index (κ2) is 4.81. The first-order valence-corrected chi connectivity index (χ1v) is 5.67. The molecule has 0 bridgehead atoms. The molecule has 2 heterocycles.